The van der Waals surface area contributed by atoms with Gasteiger partial charge in [0.25, 0.3) is 0 Å². The number of nitrogens with zero attached hydrogens (tertiary/aromatic N) is 1. The van der Waals surface area contributed by atoms with Crippen molar-refractivity contribution in [2.45, 2.75) is 26.7 Å². The van der Waals surface area contributed by atoms with Gasteiger partial charge in [0.15, 0.2) is 0 Å². The Morgan fingerprint density at radius 2 is 2.09 bits per heavy atom. The summed E-state index contributed by atoms with van der Waals surface area (Å²) < 4.78 is 0. The molecule has 1 aromatic heterocycles. The smallest absolute Gasteiger partial charge is 0.0468 e. The summed E-state index contributed by atoms with van der Waals surface area (Å²) in [5.74, 6) is 0.452. The zero-order valence-corrected chi connectivity index (χ0v) is 7.81. The lowest BCUT2D eigenvalue weighted by Crippen LogP contribution is -1.92. The molecule has 1 nitrogen and oxygen atoms in total. The van der Waals surface area contributed by atoms with Crippen molar-refractivity contribution in [2.24, 2.45) is 0 Å². The van der Waals surface area contributed by atoms with Gasteiger partial charge in [-0.25, -0.2) is 0 Å². The second-order valence-electron chi connectivity index (χ2n) is 3.01. The third-order valence-electron chi connectivity index (χ3n) is 1.65. The SMILES string of the molecule is Cc1cnc(C(C)C)cc1Cl. The maximum absolute atomic E-state index is 5.92. The zero-order chi connectivity index (χ0) is 8.43. The molecule has 0 aliphatic heterocycles. The summed E-state index contributed by atoms with van der Waals surface area (Å²) in [5, 5.41) is 0.809. The number of rotatable bonds is 1. The highest BCUT2D eigenvalue weighted by atomic mass is 35.5. The highest BCUT2D eigenvalue weighted by molar-refractivity contribution is 6.31. The van der Waals surface area contributed by atoms with Crippen molar-refractivity contribution in [1.29, 1.82) is 0 Å². The molecule has 0 saturated carbocycles. The molecule has 0 atom stereocenters. The first-order valence-corrected chi connectivity index (χ1v) is 4.11. The maximum Gasteiger partial charge on any atom is 0.0468 e. The van der Waals surface area contributed by atoms with Crippen molar-refractivity contribution in [1.82, 2.24) is 4.98 Å². The van der Waals surface area contributed by atoms with Crippen molar-refractivity contribution in [2.75, 3.05) is 0 Å². The van der Waals surface area contributed by atoms with E-state index in [1.165, 1.54) is 0 Å². The van der Waals surface area contributed by atoms with Crippen LogP contribution in [-0.4, -0.2) is 4.98 Å². The Labute approximate surface area is 72.4 Å². The first-order chi connectivity index (χ1) is 5.11. The van der Waals surface area contributed by atoms with Gasteiger partial charge < -0.3 is 0 Å². The molecular weight excluding hydrogens is 158 g/mol. The molecule has 0 N–H and O–H groups in total. The summed E-state index contributed by atoms with van der Waals surface area (Å²) in [6, 6.07) is 1.93. The van der Waals surface area contributed by atoms with Gasteiger partial charge in [-0.2, -0.15) is 0 Å². The van der Waals surface area contributed by atoms with Gasteiger partial charge >= 0.3 is 0 Å². The Hall–Kier alpha value is -0.560. The van der Waals surface area contributed by atoms with Gasteiger partial charge in [0, 0.05) is 16.9 Å². The molecule has 2 heteroatoms. The monoisotopic (exact) mass is 169 g/mol. The van der Waals surface area contributed by atoms with E-state index in [1.807, 2.05) is 19.2 Å². The van der Waals surface area contributed by atoms with Crippen LogP contribution in [0.15, 0.2) is 12.3 Å². The highest BCUT2D eigenvalue weighted by Gasteiger charge is 2.02. The first kappa shape index (κ1) is 8.54. The highest BCUT2D eigenvalue weighted by Crippen LogP contribution is 2.19. The fraction of sp³-hybridized carbons (Fsp3) is 0.444. The predicted octanol–water partition coefficient (Wildman–Crippen LogP) is 3.17. The Morgan fingerprint density at radius 3 is 2.55 bits per heavy atom. The van der Waals surface area contributed by atoms with Gasteiger partial charge in [-0.1, -0.05) is 25.4 Å². The predicted molar refractivity (Wildman–Crippen MR) is 48.1 cm³/mol. The van der Waals surface area contributed by atoms with E-state index in [0.29, 0.717) is 5.92 Å². The molecule has 0 aliphatic rings. The van der Waals surface area contributed by atoms with Gasteiger partial charge in [0.05, 0.1) is 0 Å². The Morgan fingerprint density at radius 1 is 1.45 bits per heavy atom. The second-order valence-corrected chi connectivity index (χ2v) is 3.42. The lowest BCUT2D eigenvalue weighted by molar-refractivity contribution is 0.821. The average Bonchev–Trinajstić information content (AvgIpc) is 1.94. The fourth-order valence-electron chi connectivity index (χ4n) is 0.830. The van der Waals surface area contributed by atoms with E-state index < -0.39 is 0 Å². The molecule has 0 bridgehead atoms. The lowest BCUT2D eigenvalue weighted by Gasteiger charge is -2.04. The topological polar surface area (TPSA) is 12.9 Å². The largest absolute Gasteiger partial charge is 0.261 e. The number of hydrogen-bond acceptors (Lipinski definition) is 1. The number of hydrogen-bond donors (Lipinski definition) is 0. The van der Waals surface area contributed by atoms with Crippen LogP contribution in [0.2, 0.25) is 5.02 Å². The Kier molecular flexibility index (Phi) is 2.50. The zero-order valence-electron chi connectivity index (χ0n) is 7.06. The average molecular weight is 170 g/mol. The molecule has 0 amide bonds. The molecule has 0 unspecified atom stereocenters. The van der Waals surface area contributed by atoms with Crippen LogP contribution in [0.1, 0.15) is 31.0 Å². The standard InChI is InChI=1S/C9H12ClN/c1-6(2)9-4-8(10)7(3)5-11-9/h4-6H,1-3H3. The minimum Gasteiger partial charge on any atom is -0.261 e. The van der Waals surface area contributed by atoms with Crippen LogP contribution in [0.3, 0.4) is 0 Å². The van der Waals surface area contributed by atoms with Crippen LogP contribution < -0.4 is 0 Å². The van der Waals surface area contributed by atoms with E-state index in [9.17, 15) is 0 Å². The minimum atomic E-state index is 0.452. The van der Waals surface area contributed by atoms with Crippen molar-refractivity contribution in [3.05, 3.63) is 28.5 Å². The van der Waals surface area contributed by atoms with Crippen LogP contribution >= 0.6 is 11.6 Å². The maximum atomic E-state index is 5.92. The van der Waals surface area contributed by atoms with Crippen molar-refractivity contribution >= 4 is 11.6 Å². The minimum absolute atomic E-state index is 0.452. The third kappa shape index (κ3) is 1.93. The number of pyridine rings is 1. The summed E-state index contributed by atoms with van der Waals surface area (Å²) in [6.07, 6.45) is 1.82. The van der Waals surface area contributed by atoms with E-state index in [4.69, 9.17) is 11.6 Å². The van der Waals surface area contributed by atoms with Gasteiger partial charge in [-0.05, 0) is 24.5 Å². The molecule has 60 valence electrons. The Bertz CT molecular complexity index is 256. The Balaban J connectivity index is 3.05. The molecule has 0 aliphatic carbocycles. The van der Waals surface area contributed by atoms with Crippen LogP contribution in [0, 0.1) is 6.92 Å². The fourth-order valence-corrected chi connectivity index (χ4v) is 0.990. The molecule has 1 heterocycles. The molecule has 1 rings (SSSR count). The summed E-state index contributed by atoms with van der Waals surface area (Å²) in [6.45, 7) is 6.17. The number of halogens is 1. The molecule has 11 heavy (non-hydrogen) atoms. The van der Waals surface area contributed by atoms with E-state index >= 15 is 0 Å². The van der Waals surface area contributed by atoms with Crippen molar-refractivity contribution < 1.29 is 0 Å². The van der Waals surface area contributed by atoms with Gasteiger partial charge in [0.2, 0.25) is 0 Å². The summed E-state index contributed by atoms with van der Waals surface area (Å²) in [5.41, 5.74) is 2.09. The van der Waals surface area contributed by atoms with Crippen molar-refractivity contribution in [3.63, 3.8) is 0 Å². The molecule has 0 radical (unpaired) electrons. The van der Waals surface area contributed by atoms with Crippen LogP contribution in [0.25, 0.3) is 0 Å². The number of aromatic nitrogens is 1. The molecular formula is C9H12ClN. The van der Waals surface area contributed by atoms with Gasteiger partial charge in [-0.3, -0.25) is 4.98 Å². The van der Waals surface area contributed by atoms with Gasteiger partial charge in [-0.15, -0.1) is 0 Å². The van der Waals surface area contributed by atoms with Gasteiger partial charge in [0.1, 0.15) is 0 Å². The molecule has 0 saturated heterocycles. The first-order valence-electron chi connectivity index (χ1n) is 3.73. The lowest BCUT2D eigenvalue weighted by atomic mass is 10.1. The summed E-state index contributed by atoms with van der Waals surface area (Å²) in [7, 11) is 0. The third-order valence-corrected chi connectivity index (χ3v) is 2.06. The van der Waals surface area contributed by atoms with E-state index in [0.717, 1.165) is 16.3 Å². The van der Waals surface area contributed by atoms with E-state index in [1.54, 1.807) is 0 Å². The van der Waals surface area contributed by atoms with Crippen LogP contribution in [-0.2, 0) is 0 Å². The summed E-state index contributed by atoms with van der Waals surface area (Å²) >= 11 is 5.92. The van der Waals surface area contributed by atoms with E-state index in [2.05, 4.69) is 18.8 Å². The molecule has 1 aromatic rings. The quantitative estimate of drug-likeness (QED) is 0.630. The second kappa shape index (κ2) is 3.22. The normalized spacial score (nSPS) is 10.6. The van der Waals surface area contributed by atoms with Crippen LogP contribution in [0.4, 0.5) is 0 Å². The van der Waals surface area contributed by atoms with E-state index in [-0.39, 0.29) is 0 Å². The number of aryl methyl sites for hydroxylation is 1. The molecule has 0 spiro atoms. The van der Waals surface area contributed by atoms with Crippen molar-refractivity contribution in [3.8, 4) is 0 Å². The summed E-state index contributed by atoms with van der Waals surface area (Å²) in [4.78, 5) is 4.25. The molecule has 0 fully saturated rings. The van der Waals surface area contributed by atoms with Crippen LogP contribution in [0.5, 0.6) is 0 Å². The molecule has 0 aromatic carbocycles.